The second-order valence-corrected chi connectivity index (χ2v) is 6.00. The minimum absolute atomic E-state index is 0.0213. The van der Waals surface area contributed by atoms with E-state index >= 15 is 0 Å². The van der Waals surface area contributed by atoms with Crippen LogP contribution in [0.25, 0.3) is 0 Å². The van der Waals surface area contributed by atoms with Crippen molar-refractivity contribution >= 4 is 23.3 Å². The minimum atomic E-state index is -0.851. The van der Waals surface area contributed by atoms with E-state index in [9.17, 15) is 4.79 Å². The SMILES string of the molecule is CN(Cc1ccc(Cl)cc1)C(=O)C1(C(N)=NO)CCCC1. The maximum Gasteiger partial charge on any atom is 0.236 e. The summed E-state index contributed by atoms with van der Waals surface area (Å²) in [6.07, 6.45) is 3.09. The molecule has 1 aliphatic rings. The van der Waals surface area contributed by atoms with Gasteiger partial charge in [0, 0.05) is 18.6 Å². The van der Waals surface area contributed by atoms with Crippen LogP contribution < -0.4 is 5.73 Å². The summed E-state index contributed by atoms with van der Waals surface area (Å²) in [7, 11) is 1.74. The number of oxime groups is 1. The van der Waals surface area contributed by atoms with Crippen molar-refractivity contribution in [1.29, 1.82) is 0 Å². The average molecular weight is 310 g/mol. The Kier molecular flexibility index (Phi) is 4.73. The van der Waals surface area contributed by atoms with Crippen LogP contribution in [0, 0.1) is 5.41 Å². The van der Waals surface area contributed by atoms with Crippen LogP contribution >= 0.6 is 11.6 Å². The molecule has 114 valence electrons. The Morgan fingerprint density at radius 2 is 1.95 bits per heavy atom. The van der Waals surface area contributed by atoms with Gasteiger partial charge in [0.05, 0.1) is 0 Å². The highest BCUT2D eigenvalue weighted by atomic mass is 35.5. The summed E-state index contributed by atoms with van der Waals surface area (Å²) >= 11 is 5.86. The van der Waals surface area contributed by atoms with Crippen LogP contribution in [0.1, 0.15) is 31.2 Å². The third-order valence-electron chi connectivity index (χ3n) is 4.14. The number of halogens is 1. The number of amides is 1. The molecular weight excluding hydrogens is 290 g/mol. The van der Waals surface area contributed by atoms with Gasteiger partial charge in [-0.25, -0.2) is 0 Å². The first-order valence-electron chi connectivity index (χ1n) is 6.97. The normalized spacial score (nSPS) is 17.7. The van der Waals surface area contributed by atoms with Gasteiger partial charge in [-0.2, -0.15) is 0 Å². The van der Waals surface area contributed by atoms with Crippen LogP contribution in [0.5, 0.6) is 0 Å². The highest BCUT2D eigenvalue weighted by Gasteiger charge is 2.46. The zero-order valence-electron chi connectivity index (χ0n) is 12.1. The van der Waals surface area contributed by atoms with Crippen LogP contribution in [0.3, 0.4) is 0 Å². The van der Waals surface area contributed by atoms with Crippen LogP contribution in [0.4, 0.5) is 0 Å². The molecule has 1 aromatic carbocycles. The lowest BCUT2D eigenvalue weighted by Crippen LogP contribution is -2.48. The van der Waals surface area contributed by atoms with E-state index in [-0.39, 0.29) is 11.7 Å². The van der Waals surface area contributed by atoms with Gasteiger partial charge < -0.3 is 15.8 Å². The van der Waals surface area contributed by atoms with Crippen molar-refractivity contribution < 1.29 is 10.0 Å². The molecule has 1 aromatic rings. The molecule has 0 spiro atoms. The number of carbonyl (C=O) groups is 1. The van der Waals surface area contributed by atoms with Gasteiger partial charge in [-0.3, -0.25) is 4.79 Å². The molecule has 5 nitrogen and oxygen atoms in total. The second kappa shape index (κ2) is 6.35. The summed E-state index contributed by atoms with van der Waals surface area (Å²) in [5.41, 5.74) is 5.94. The van der Waals surface area contributed by atoms with Crippen molar-refractivity contribution in [2.45, 2.75) is 32.2 Å². The summed E-state index contributed by atoms with van der Waals surface area (Å²) in [5, 5.41) is 12.7. The van der Waals surface area contributed by atoms with Gasteiger partial charge in [0.2, 0.25) is 5.91 Å². The molecule has 0 saturated heterocycles. The van der Waals surface area contributed by atoms with E-state index in [4.69, 9.17) is 22.5 Å². The summed E-state index contributed by atoms with van der Waals surface area (Å²) < 4.78 is 0. The van der Waals surface area contributed by atoms with Crippen molar-refractivity contribution in [1.82, 2.24) is 4.90 Å². The largest absolute Gasteiger partial charge is 0.409 e. The molecule has 0 radical (unpaired) electrons. The summed E-state index contributed by atoms with van der Waals surface area (Å²) in [6.45, 7) is 0.469. The van der Waals surface area contributed by atoms with Crippen molar-refractivity contribution in [3.8, 4) is 0 Å². The van der Waals surface area contributed by atoms with Crippen molar-refractivity contribution in [2.75, 3.05) is 7.05 Å². The molecule has 0 bridgehead atoms. The number of nitrogens with two attached hydrogens (primary N) is 1. The number of rotatable bonds is 4. The van der Waals surface area contributed by atoms with Crippen LogP contribution in [-0.2, 0) is 11.3 Å². The van der Waals surface area contributed by atoms with Crippen LogP contribution in [0.15, 0.2) is 29.4 Å². The summed E-state index contributed by atoms with van der Waals surface area (Å²) in [5.74, 6) is -0.0711. The van der Waals surface area contributed by atoms with E-state index in [0.29, 0.717) is 24.4 Å². The number of nitrogens with zero attached hydrogens (tertiary/aromatic N) is 2. The van der Waals surface area contributed by atoms with Gasteiger partial charge in [-0.15, -0.1) is 0 Å². The topological polar surface area (TPSA) is 78.9 Å². The molecule has 0 heterocycles. The summed E-state index contributed by atoms with van der Waals surface area (Å²) in [4.78, 5) is 14.4. The molecule has 0 unspecified atom stereocenters. The Morgan fingerprint density at radius 1 is 1.38 bits per heavy atom. The molecule has 1 saturated carbocycles. The number of amidine groups is 1. The van der Waals surface area contributed by atoms with Gasteiger partial charge in [0.1, 0.15) is 5.41 Å². The molecule has 1 aliphatic carbocycles. The van der Waals surface area contributed by atoms with Crippen molar-refractivity contribution in [3.63, 3.8) is 0 Å². The Balaban J connectivity index is 2.15. The number of benzene rings is 1. The molecule has 0 aromatic heterocycles. The molecule has 2 rings (SSSR count). The van der Waals surface area contributed by atoms with E-state index in [1.807, 2.05) is 12.1 Å². The van der Waals surface area contributed by atoms with Gasteiger partial charge in [0.15, 0.2) is 5.84 Å². The zero-order valence-corrected chi connectivity index (χ0v) is 12.8. The highest BCUT2D eigenvalue weighted by molar-refractivity contribution is 6.30. The van der Waals surface area contributed by atoms with Crippen molar-refractivity contribution in [2.24, 2.45) is 16.3 Å². The molecular formula is C15H20ClN3O2. The smallest absolute Gasteiger partial charge is 0.236 e. The Labute approximate surface area is 129 Å². The minimum Gasteiger partial charge on any atom is -0.409 e. The first-order valence-corrected chi connectivity index (χ1v) is 7.35. The van der Waals surface area contributed by atoms with Gasteiger partial charge >= 0.3 is 0 Å². The van der Waals surface area contributed by atoms with E-state index < -0.39 is 5.41 Å². The number of hydrogen-bond donors (Lipinski definition) is 2. The lowest BCUT2D eigenvalue weighted by Gasteiger charge is -2.31. The Hall–Kier alpha value is -1.75. The molecule has 0 aliphatic heterocycles. The van der Waals surface area contributed by atoms with Crippen LogP contribution in [-0.4, -0.2) is 28.9 Å². The Bertz CT molecular complexity index is 536. The number of carbonyl (C=O) groups excluding carboxylic acids is 1. The van der Waals surface area contributed by atoms with E-state index in [2.05, 4.69) is 5.16 Å². The summed E-state index contributed by atoms with van der Waals surface area (Å²) in [6, 6.07) is 7.36. The quantitative estimate of drug-likeness (QED) is 0.388. The predicted molar refractivity (Wildman–Crippen MR) is 82.2 cm³/mol. The van der Waals surface area contributed by atoms with Gasteiger partial charge in [-0.1, -0.05) is 41.7 Å². The lowest BCUT2D eigenvalue weighted by molar-refractivity contribution is -0.137. The fourth-order valence-electron chi connectivity index (χ4n) is 2.95. The third kappa shape index (κ3) is 3.13. The van der Waals surface area contributed by atoms with Crippen molar-refractivity contribution in [3.05, 3.63) is 34.9 Å². The molecule has 1 fully saturated rings. The molecule has 21 heavy (non-hydrogen) atoms. The fourth-order valence-corrected chi connectivity index (χ4v) is 3.08. The van der Waals surface area contributed by atoms with E-state index in [1.54, 1.807) is 24.1 Å². The molecule has 3 N–H and O–H groups in total. The predicted octanol–water partition coefficient (Wildman–Crippen LogP) is 2.61. The number of hydrogen-bond acceptors (Lipinski definition) is 3. The first kappa shape index (κ1) is 15.6. The first-order chi connectivity index (χ1) is 9.99. The van der Waals surface area contributed by atoms with E-state index in [0.717, 1.165) is 18.4 Å². The Morgan fingerprint density at radius 3 is 2.48 bits per heavy atom. The highest BCUT2D eigenvalue weighted by Crippen LogP contribution is 2.40. The van der Waals surface area contributed by atoms with Crippen LogP contribution in [0.2, 0.25) is 5.02 Å². The average Bonchev–Trinajstić information content (AvgIpc) is 2.98. The van der Waals surface area contributed by atoms with Gasteiger partial charge in [0.25, 0.3) is 0 Å². The maximum absolute atomic E-state index is 12.8. The molecule has 6 heteroatoms. The zero-order chi connectivity index (χ0) is 15.5. The third-order valence-corrected chi connectivity index (χ3v) is 4.40. The lowest BCUT2D eigenvalue weighted by atomic mass is 9.83. The second-order valence-electron chi connectivity index (χ2n) is 5.56. The molecule has 1 amide bonds. The fraction of sp³-hybridized carbons (Fsp3) is 0.467. The standard InChI is InChI=1S/C15H20ClN3O2/c1-19(10-11-4-6-12(16)7-5-11)14(20)15(13(17)18-21)8-2-3-9-15/h4-7,21H,2-3,8-10H2,1H3,(H2,17,18). The monoisotopic (exact) mass is 309 g/mol. The van der Waals surface area contributed by atoms with E-state index in [1.165, 1.54) is 0 Å². The molecule has 0 atom stereocenters. The maximum atomic E-state index is 12.8. The van der Waals surface area contributed by atoms with Gasteiger partial charge in [-0.05, 0) is 30.5 Å².